The van der Waals surface area contributed by atoms with Crippen LogP contribution >= 0.6 is 0 Å². The number of aliphatic hydroxyl groups excluding tert-OH is 2. The van der Waals surface area contributed by atoms with Crippen LogP contribution in [0.1, 0.15) is 32.6 Å². The van der Waals surface area contributed by atoms with Crippen LogP contribution in [0.5, 0.6) is 0 Å². The zero-order valence-electron chi connectivity index (χ0n) is 20.0. The second-order valence-electron chi connectivity index (χ2n) is 11.9. The molecule has 13 unspecified atom stereocenters. The molecule has 5 saturated carbocycles. The number of methoxy groups -OCH3 is 3. The largest absolute Gasteiger partial charge is 0.392 e. The average Bonchev–Trinajstić information content (AvgIpc) is 3.11. The van der Waals surface area contributed by atoms with Crippen LogP contribution in [0.25, 0.3) is 0 Å². The van der Waals surface area contributed by atoms with E-state index in [0.717, 1.165) is 0 Å². The van der Waals surface area contributed by atoms with Gasteiger partial charge in [-0.1, -0.05) is 6.92 Å². The molecule has 1 spiro atoms. The van der Waals surface area contributed by atoms with E-state index in [1.807, 2.05) is 6.92 Å². The number of piperidine rings is 1. The number of rotatable bonds is 5. The fourth-order valence-electron chi connectivity index (χ4n) is 10.7. The van der Waals surface area contributed by atoms with Crippen LogP contribution in [0.2, 0.25) is 0 Å². The van der Waals surface area contributed by atoms with Gasteiger partial charge >= 0.3 is 0 Å². The Morgan fingerprint density at radius 1 is 0.970 bits per heavy atom. The highest BCUT2D eigenvalue weighted by molar-refractivity contribution is 5.45. The number of aliphatic hydroxyl groups is 5. The van der Waals surface area contributed by atoms with Gasteiger partial charge in [-0.15, -0.1) is 0 Å². The lowest BCUT2D eigenvalue weighted by Crippen LogP contribution is -2.86. The number of nitrogens with zero attached hydrogens (tertiary/aromatic N) is 1. The van der Waals surface area contributed by atoms with Gasteiger partial charge in [-0.05, 0) is 25.8 Å². The summed E-state index contributed by atoms with van der Waals surface area (Å²) in [6.07, 6.45) is -1.91. The van der Waals surface area contributed by atoms with Crippen molar-refractivity contribution in [2.75, 3.05) is 41.0 Å². The molecule has 7 bridgehead atoms. The second-order valence-corrected chi connectivity index (χ2v) is 11.9. The normalized spacial score (nSPS) is 63.2. The maximum Gasteiger partial charge on any atom is 0.136 e. The maximum atomic E-state index is 12.8. The molecule has 5 N–H and O–H groups in total. The minimum absolute atomic E-state index is 0.0960. The molecular weight excluding hydrogens is 430 g/mol. The molecule has 13 atom stereocenters. The molecule has 6 rings (SSSR count). The molecule has 0 aromatic rings. The van der Waals surface area contributed by atoms with E-state index in [4.69, 9.17) is 14.2 Å². The fourth-order valence-corrected chi connectivity index (χ4v) is 10.7. The van der Waals surface area contributed by atoms with Gasteiger partial charge in [0.15, 0.2) is 0 Å². The summed E-state index contributed by atoms with van der Waals surface area (Å²) in [6, 6.07) is -0.724. The molecule has 9 nitrogen and oxygen atoms in total. The van der Waals surface area contributed by atoms with E-state index in [2.05, 4.69) is 4.90 Å². The van der Waals surface area contributed by atoms with Gasteiger partial charge in [-0.25, -0.2) is 0 Å². The first-order valence-corrected chi connectivity index (χ1v) is 12.4. The van der Waals surface area contributed by atoms with Crippen LogP contribution in [-0.4, -0.2) is 119 Å². The van der Waals surface area contributed by atoms with Crippen molar-refractivity contribution in [1.29, 1.82) is 0 Å². The minimum atomic E-state index is -1.85. The van der Waals surface area contributed by atoms with Gasteiger partial charge in [-0.3, -0.25) is 4.90 Å². The summed E-state index contributed by atoms with van der Waals surface area (Å²) in [5.74, 6) is -1.83. The third kappa shape index (κ3) is 2.04. The Hall–Kier alpha value is -0.360. The summed E-state index contributed by atoms with van der Waals surface area (Å²) in [5.41, 5.74) is -6.91. The molecule has 0 amide bonds. The number of hydrogen-bond acceptors (Lipinski definition) is 9. The minimum Gasteiger partial charge on any atom is -0.392 e. The van der Waals surface area contributed by atoms with Crippen LogP contribution in [0, 0.1) is 28.6 Å². The first-order valence-electron chi connectivity index (χ1n) is 12.4. The van der Waals surface area contributed by atoms with E-state index in [-0.39, 0.29) is 18.8 Å². The molecule has 188 valence electrons. The van der Waals surface area contributed by atoms with Crippen molar-refractivity contribution < 1.29 is 39.7 Å². The summed E-state index contributed by atoms with van der Waals surface area (Å²) in [6.45, 7) is 3.60. The second kappa shape index (κ2) is 6.69. The standard InChI is InChI=1S/C24H39NO8/c1-5-25-10-20(11-31-2)7-6-14(26)23-17(20)18(33-4)24(30,19(23)25)22(29)9-13(32-3)12-8-21(23,28)16(22)15(12)27/h12-19,26-30H,5-11H2,1-4H3. The summed E-state index contributed by atoms with van der Waals surface area (Å²) in [4.78, 5) is 2.13. The summed E-state index contributed by atoms with van der Waals surface area (Å²) < 4.78 is 17.5. The number of hydrogen-bond donors (Lipinski definition) is 5. The lowest BCUT2D eigenvalue weighted by molar-refractivity contribution is -0.355. The van der Waals surface area contributed by atoms with Gasteiger partial charge in [0.05, 0.1) is 48.1 Å². The number of likely N-dealkylation sites (tertiary alicyclic amines) is 1. The Morgan fingerprint density at radius 2 is 1.70 bits per heavy atom. The zero-order valence-corrected chi connectivity index (χ0v) is 20.0. The predicted molar refractivity (Wildman–Crippen MR) is 115 cm³/mol. The first-order chi connectivity index (χ1) is 15.6. The lowest BCUT2D eigenvalue weighted by atomic mass is 9.41. The number of fused-ring (bicyclic) bond motifs is 2. The monoisotopic (exact) mass is 469 g/mol. The fraction of sp³-hybridized carbons (Fsp3) is 1.00. The topological polar surface area (TPSA) is 132 Å². The summed E-state index contributed by atoms with van der Waals surface area (Å²) in [7, 11) is 4.73. The van der Waals surface area contributed by atoms with E-state index in [1.54, 1.807) is 7.11 Å². The van der Waals surface area contributed by atoms with Crippen LogP contribution in [0.3, 0.4) is 0 Å². The van der Waals surface area contributed by atoms with Gasteiger partial charge in [0.25, 0.3) is 0 Å². The quantitative estimate of drug-likeness (QED) is 0.334. The lowest BCUT2D eigenvalue weighted by Gasteiger charge is -2.71. The third-order valence-corrected chi connectivity index (χ3v) is 11.3. The van der Waals surface area contributed by atoms with Crippen molar-refractivity contribution in [1.82, 2.24) is 4.90 Å². The molecular formula is C24H39NO8. The molecule has 33 heavy (non-hydrogen) atoms. The molecule has 1 saturated heterocycles. The first kappa shape index (κ1) is 23.1. The smallest absolute Gasteiger partial charge is 0.136 e. The molecule has 6 aliphatic rings. The molecule has 0 aromatic heterocycles. The third-order valence-electron chi connectivity index (χ3n) is 11.3. The molecule has 0 aromatic carbocycles. The van der Waals surface area contributed by atoms with Gasteiger partial charge in [0.2, 0.25) is 0 Å². The van der Waals surface area contributed by atoms with Gasteiger partial charge in [-0.2, -0.15) is 0 Å². The highest BCUT2D eigenvalue weighted by Crippen LogP contribution is 2.81. The number of likely N-dealkylation sites (N-methyl/N-ethyl adjacent to an activating group) is 1. The van der Waals surface area contributed by atoms with E-state index < -0.39 is 69.9 Å². The average molecular weight is 470 g/mol. The predicted octanol–water partition coefficient (Wildman–Crippen LogP) is -1.27. The Morgan fingerprint density at radius 3 is 2.30 bits per heavy atom. The Bertz CT molecular complexity index is 845. The number of ether oxygens (including phenoxy) is 3. The van der Waals surface area contributed by atoms with Crippen LogP contribution in [-0.2, 0) is 14.2 Å². The van der Waals surface area contributed by atoms with Gasteiger partial charge in [0.1, 0.15) is 11.2 Å². The van der Waals surface area contributed by atoms with Crippen molar-refractivity contribution in [2.24, 2.45) is 28.6 Å². The van der Waals surface area contributed by atoms with Crippen molar-refractivity contribution in [3.05, 3.63) is 0 Å². The molecule has 9 heteroatoms. The zero-order chi connectivity index (χ0) is 23.8. The summed E-state index contributed by atoms with van der Waals surface area (Å²) in [5, 5.41) is 61.3. The van der Waals surface area contributed by atoms with Crippen LogP contribution in [0.4, 0.5) is 0 Å². The van der Waals surface area contributed by atoms with Crippen molar-refractivity contribution in [2.45, 2.75) is 79.9 Å². The SMILES string of the molecule is CCN1CC2(COC)CCC(O)C34C2C(OC)C(O)(C13)C1(O)CC(OC)C2CC4(O)C1C2O. The van der Waals surface area contributed by atoms with E-state index in [9.17, 15) is 25.5 Å². The van der Waals surface area contributed by atoms with E-state index in [1.165, 1.54) is 14.2 Å². The Labute approximate surface area is 194 Å². The molecule has 0 radical (unpaired) electrons. The van der Waals surface area contributed by atoms with Crippen LogP contribution in [0.15, 0.2) is 0 Å². The molecule has 1 aliphatic heterocycles. The summed E-state index contributed by atoms with van der Waals surface area (Å²) >= 11 is 0. The van der Waals surface area contributed by atoms with Crippen molar-refractivity contribution in [3.63, 3.8) is 0 Å². The highest BCUT2D eigenvalue weighted by atomic mass is 16.5. The van der Waals surface area contributed by atoms with Crippen molar-refractivity contribution >= 4 is 0 Å². The Balaban J connectivity index is 1.71. The van der Waals surface area contributed by atoms with Crippen molar-refractivity contribution in [3.8, 4) is 0 Å². The van der Waals surface area contributed by atoms with E-state index in [0.29, 0.717) is 32.5 Å². The Kier molecular flexibility index (Phi) is 4.67. The van der Waals surface area contributed by atoms with Crippen LogP contribution < -0.4 is 0 Å². The molecule has 5 aliphatic carbocycles. The molecule has 6 fully saturated rings. The van der Waals surface area contributed by atoms with E-state index >= 15 is 0 Å². The highest BCUT2D eigenvalue weighted by Gasteiger charge is 2.95. The molecule has 1 heterocycles. The van der Waals surface area contributed by atoms with Gasteiger partial charge < -0.3 is 39.7 Å². The van der Waals surface area contributed by atoms with Gasteiger partial charge in [0, 0.05) is 57.5 Å². The maximum absolute atomic E-state index is 12.8.